The van der Waals surface area contributed by atoms with E-state index in [1.54, 1.807) is 0 Å². The predicted octanol–water partition coefficient (Wildman–Crippen LogP) is 6.91. The van der Waals surface area contributed by atoms with Gasteiger partial charge in [0.1, 0.15) is 0 Å². The molecule has 0 radical (unpaired) electrons. The first-order valence-corrected chi connectivity index (χ1v) is 11.2. The molecule has 0 spiro atoms. The molecule has 0 saturated carbocycles. The standard InChI is InChI=1S/C30H28N2/c1-22-27(20-29(31)25-15-9-4-10-16-25)28-19-26(24-13-7-3-8-14-24)17-18-30(28)32(22)21-23-11-5-2-6-12-23/h2-19,29H,20-21,31H2,1H3. The number of fused-ring (bicyclic) bond motifs is 1. The minimum absolute atomic E-state index is 0.0361. The monoisotopic (exact) mass is 416 g/mol. The molecule has 2 nitrogen and oxygen atoms in total. The molecule has 1 heterocycles. The van der Waals surface area contributed by atoms with E-state index in [0.29, 0.717) is 0 Å². The van der Waals surface area contributed by atoms with Gasteiger partial charge in [-0.15, -0.1) is 0 Å². The molecular weight excluding hydrogens is 388 g/mol. The molecule has 1 aromatic heterocycles. The Hall–Kier alpha value is -3.62. The van der Waals surface area contributed by atoms with Crippen molar-refractivity contribution in [2.75, 3.05) is 0 Å². The summed E-state index contributed by atoms with van der Waals surface area (Å²) in [6.07, 6.45) is 0.812. The average molecular weight is 417 g/mol. The van der Waals surface area contributed by atoms with Gasteiger partial charge in [-0.2, -0.15) is 0 Å². The Morgan fingerprint density at radius 1 is 0.719 bits per heavy atom. The van der Waals surface area contributed by atoms with Crippen molar-refractivity contribution in [1.29, 1.82) is 0 Å². The van der Waals surface area contributed by atoms with Crippen molar-refractivity contribution in [2.45, 2.75) is 25.9 Å². The van der Waals surface area contributed by atoms with E-state index in [4.69, 9.17) is 5.73 Å². The minimum atomic E-state index is -0.0361. The van der Waals surface area contributed by atoms with Gasteiger partial charge in [0.15, 0.2) is 0 Å². The topological polar surface area (TPSA) is 30.9 Å². The largest absolute Gasteiger partial charge is 0.340 e. The van der Waals surface area contributed by atoms with Crippen LogP contribution in [0.3, 0.4) is 0 Å². The van der Waals surface area contributed by atoms with E-state index in [9.17, 15) is 0 Å². The van der Waals surface area contributed by atoms with Crippen LogP contribution in [0.4, 0.5) is 0 Å². The number of hydrogen-bond donors (Lipinski definition) is 1. The second-order valence-electron chi connectivity index (χ2n) is 8.45. The van der Waals surface area contributed by atoms with Gasteiger partial charge in [-0.25, -0.2) is 0 Å². The Morgan fingerprint density at radius 2 is 1.34 bits per heavy atom. The molecule has 4 aromatic carbocycles. The molecular formula is C30H28N2. The van der Waals surface area contributed by atoms with E-state index >= 15 is 0 Å². The summed E-state index contributed by atoms with van der Waals surface area (Å²) >= 11 is 0. The van der Waals surface area contributed by atoms with Crippen LogP contribution in [0.1, 0.15) is 28.4 Å². The van der Waals surface area contributed by atoms with Crippen LogP contribution in [0.25, 0.3) is 22.0 Å². The number of hydrogen-bond acceptors (Lipinski definition) is 1. The summed E-state index contributed by atoms with van der Waals surface area (Å²) in [6.45, 7) is 3.09. The summed E-state index contributed by atoms with van der Waals surface area (Å²) in [5.41, 5.74) is 15.5. The van der Waals surface area contributed by atoms with Crippen molar-refractivity contribution in [3.05, 3.63) is 132 Å². The molecule has 0 saturated heterocycles. The fraction of sp³-hybridized carbons (Fsp3) is 0.133. The molecule has 0 aliphatic heterocycles. The Labute approximate surface area is 190 Å². The minimum Gasteiger partial charge on any atom is -0.340 e. The van der Waals surface area contributed by atoms with Gasteiger partial charge in [-0.1, -0.05) is 97.1 Å². The Bertz CT molecular complexity index is 1320. The van der Waals surface area contributed by atoms with E-state index in [0.717, 1.165) is 13.0 Å². The third kappa shape index (κ3) is 3.98. The summed E-state index contributed by atoms with van der Waals surface area (Å²) < 4.78 is 2.44. The van der Waals surface area contributed by atoms with E-state index in [1.807, 2.05) is 6.07 Å². The summed E-state index contributed by atoms with van der Waals surface area (Å²) in [4.78, 5) is 0. The van der Waals surface area contributed by atoms with Crippen LogP contribution in [0.2, 0.25) is 0 Å². The summed E-state index contributed by atoms with van der Waals surface area (Å²) in [5.74, 6) is 0. The van der Waals surface area contributed by atoms with E-state index in [1.165, 1.54) is 44.4 Å². The Balaban J connectivity index is 1.63. The summed E-state index contributed by atoms with van der Waals surface area (Å²) in [5, 5.41) is 1.30. The van der Waals surface area contributed by atoms with E-state index in [-0.39, 0.29) is 6.04 Å². The van der Waals surface area contributed by atoms with Crippen LogP contribution in [0.15, 0.2) is 109 Å². The fourth-order valence-electron chi connectivity index (χ4n) is 4.63. The molecule has 1 atom stereocenters. The van der Waals surface area contributed by atoms with Crippen molar-refractivity contribution in [1.82, 2.24) is 4.57 Å². The van der Waals surface area contributed by atoms with Crippen LogP contribution < -0.4 is 5.73 Å². The lowest BCUT2D eigenvalue weighted by Gasteiger charge is -2.13. The number of nitrogens with two attached hydrogens (primary N) is 1. The van der Waals surface area contributed by atoms with E-state index < -0.39 is 0 Å². The lowest BCUT2D eigenvalue weighted by molar-refractivity contribution is 0.711. The highest BCUT2D eigenvalue weighted by Gasteiger charge is 2.18. The van der Waals surface area contributed by atoms with Crippen LogP contribution in [0, 0.1) is 6.92 Å². The second kappa shape index (κ2) is 8.86. The van der Waals surface area contributed by atoms with Gasteiger partial charge >= 0.3 is 0 Å². The lowest BCUT2D eigenvalue weighted by atomic mass is 9.96. The summed E-state index contributed by atoms with van der Waals surface area (Å²) in [6, 6.07) is 38.5. The van der Waals surface area contributed by atoms with Gasteiger partial charge in [0, 0.05) is 29.2 Å². The quantitative estimate of drug-likeness (QED) is 0.320. The lowest BCUT2D eigenvalue weighted by Crippen LogP contribution is -2.14. The molecule has 0 aliphatic carbocycles. The SMILES string of the molecule is Cc1c(CC(N)c2ccccc2)c2cc(-c3ccccc3)ccc2n1Cc1ccccc1. The molecule has 0 bridgehead atoms. The molecule has 1 unspecified atom stereocenters. The van der Waals surface area contributed by atoms with Crippen LogP contribution in [-0.4, -0.2) is 4.57 Å². The van der Waals surface area contributed by atoms with Crippen molar-refractivity contribution in [3.8, 4) is 11.1 Å². The van der Waals surface area contributed by atoms with Gasteiger partial charge in [-0.3, -0.25) is 0 Å². The Morgan fingerprint density at radius 3 is 2.03 bits per heavy atom. The Kier molecular flexibility index (Phi) is 5.62. The molecule has 0 aliphatic rings. The molecule has 5 rings (SSSR count). The third-order valence-corrected chi connectivity index (χ3v) is 6.40. The maximum Gasteiger partial charge on any atom is 0.0488 e. The smallest absolute Gasteiger partial charge is 0.0488 e. The van der Waals surface area contributed by atoms with Crippen LogP contribution in [0.5, 0.6) is 0 Å². The number of benzene rings is 4. The van der Waals surface area contributed by atoms with Crippen molar-refractivity contribution < 1.29 is 0 Å². The molecule has 0 amide bonds. The maximum atomic E-state index is 6.69. The van der Waals surface area contributed by atoms with Gasteiger partial charge in [0.05, 0.1) is 0 Å². The normalized spacial score (nSPS) is 12.2. The first-order chi connectivity index (χ1) is 15.7. The van der Waals surface area contributed by atoms with Gasteiger partial charge < -0.3 is 10.3 Å². The molecule has 32 heavy (non-hydrogen) atoms. The third-order valence-electron chi connectivity index (χ3n) is 6.40. The highest BCUT2D eigenvalue weighted by atomic mass is 15.0. The molecule has 5 aromatic rings. The highest BCUT2D eigenvalue weighted by Crippen LogP contribution is 2.33. The zero-order chi connectivity index (χ0) is 21.9. The number of aromatic nitrogens is 1. The number of nitrogens with zero attached hydrogens (tertiary/aromatic N) is 1. The van der Waals surface area contributed by atoms with Gasteiger partial charge in [0.25, 0.3) is 0 Å². The first kappa shape index (κ1) is 20.3. The maximum absolute atomic E-state index is 6.69. The molecule has 2 heteroatoms. The molecule has 2 N–H and O–H groups in total. The van der Waals surface area contributed by atoms with Crippen LogP contribution >= 0.6 is 0 Å². The fourth-order valence-corrected chi connectivity index (χ4v) is 4.63. The predicted molar refractivity (Wildman–Crippen MR) is 135 cm³/mol. The van der Waals surface area contributed by atoms with Crippen molar-refractivity contribution in [3.63, 3.8) is 0 Å². The zero-order valence-corrected chi connectivity index (χ0v) is 18.4. The zero-order valence-electron chi connectivity index (χ0n) is 18.4. The van der Waals surface area contributed by atoms with Crippen molar-refractivity contribution in [2.24, 2.45) is 5.73 Å². The van der Waals surface area contributed by atoms with Crippen LogP contribution in [-0.2, 0) is 13.0 Å². The summed E-state index contributed by atoms with van der Waals surface area (Å²) in [7, 11) is 0. The first-order valence-electron chi connectivity index (χ1n) is 11.2. The van der Waals surface area contributed by atoms with Gasteiger partial charge in [0.2, 0.25) is 0 Å². The van der Waals surface area contributed by atoms with E-state index in [2.05, 4.69) is 115 Å². The van der Waals surface area contributed by atoms with Gasteiger partial charge in [-0.05, 0) is 53.3 Å². The second-order valence-corrected chi connectivity index (χ2v) is 8.45. The van der Waals surface area contributed by atoms with Crippen molar-refractivity contribution >= 4 is 10.9 Å². The number of rotatable bonds is 6. The molecule has 0 fully saturated rings. The average Bonchev–Trinajstić information content (AvgIpc) is 3.11. The highest BCUT2D eigenvalue weighted by molar-refractivity contribution is 5.90. The molecule has 158 valence electrons.